The molecule has 0 aromatic heterocycles. The number of carboxylic acids is 1. The molecule has 1 saturated carbocycles. The molecule has 0 radical (unpaired) electrons. The Morgan fingerprint density at radius 1 is 1.17 bits per heavy atom. The molecule has 1 aromatic rings. The summed E-state index contributed by atoms with van der Waals surface area (Å²) in [6, 6.07) is 8.96. The molecule has 1 aliphatic carbocycles. The quantitative estimate of drug-likeness (QED) is 0.659. The predicted molar refractivity (Wildman–Crippen MR) is 90.1 cm³/mol. The molecular weight excluding hydrogens is 330 g/mol. The zero-order valence-corrected chi connectivity index (χ0v) is 14.3. The second-order valence-electron chi connectivity index (χ2n) is 6.40. The molecule has 2 N–H and O–H groups in total. The summed E-state index contributed by atoms with van der Waals surface area (Å²) in [5, 5.41) is 11.8. The largest absolute Gasteiger partial charge is 0.481 e. The Labute approximate surface area is 142 Å². The summed E-state index contributed by atoms with van der Waals surface area (Å²) in [5.41, 5.74) is -0.168. The van der Waals surface area contributed by atoms with Crippen molar-refractivity contribution in [2.24, 2.45) is 5.41 Å². The van der Waals surface area contributed by atoms with Crippen LogP contribution in [0.3, 0.4) is 0 Å². The average molecular weight is 353 g/mol. The number of carbonyl (C=O) groups excluding carboxylic acids is 1. The minimum Gasteiger partial charge on any atom is -0.481 e. The fourth-order valence-electron chi connectivity index (χ4n) is 2.86. The van der Waals surface area contributed by atoms with Crippen LogP contribution in [0.2, 0.25) is 0 Å². The van der Waals surface area contributed by atoms with Crippen molar-refractivity contribution in [3.63, 3.8) is 0 Å². The third-order valence-electron chi connectivity index (χ3n) is 4.45. The second-order valence-corrected chi connectivity index (χ2v) is 8.58. The van der Waals surface area contributed by atoms with Gasteiger partial charge in [-0.1, -0.05) is 36.8 Å². The number of amides is 1. The zero-order chi connectivity index (χ0) is 17.6. The molecule has 132 valence electrons. The normalized spacial score (nSPS) is 16.2. The van der Waals surface area contributed by atoms with Gasteiger partial charge in [-0.25, -0.2) is 8.42 Å². The molecule has 0 atom stereocenters. The summed E-state index contributed by atoms with van der Waals surface area (Å²) in [7, 11) is -3.22. The Morgan fingerprint density at radius 2 is 1.83 bits per heavy atom. The lowest BCUT2D eigenvalue weighted by molar-refractivity contribution is -0.157. The second kappa shape index (κ2) is 7.79. The number of sulfone groups is 1. The van der Waals surface area contributed by atoms with Gasteiger partial charge in [0.15, 0.2) is 9.84 Å². The number of hydrogen-bond acceptors (Lipinski definition) is 4. The highest BCUT2D eigenvalue weighted by Gasteiger charge is 2.45. The van der Waals surface area contributed by atoms with Crippen molar-refractivity contribution in [2.75, 3.05) is 12.3 Å². The van der Waals surface area contributed by atoms with Crippen LogP contribution < -0.4 is 5.32 Å². The minimum absolute atomic E-state index is 0.00769. The Balaban J connectivity index is 1.70. The monoisotopic (exact) mass is 353 g/mol. The van der Waals surface area contributed by atoms with Gasteiger partial charge in [-0.2, -0.15) is 0 Å². The number of nitrogens with one attached hydrogen (secondary N) is 1. The molecule has 0 unspecified atom stereocenters. The van der Waals surface area contributed by atoms with Crippen LogP contribution in [0.4, 0.5) is 0 Å². The molecule has 1 aliphatic rings. The third-order valence-corrected chi connectivity index (χ3v) is 6.13. The van der Waals surface area contributed by atoms with Crippen LogP contribution >= 0.6 is 0 Å². The maximum Gasteiger partial charge on any atom is 0.310 e. The summed E-state index contributed by atoms with van der Waals surface area (Å²) in [5.74, 6) is -1.26. The van der Waals surface area contributed by atoms with E-state index in [-0.39, 0.29) is 30.4 Å². The maximum absolute atomic E-state index is 12.0. The molecule has 1 fully saturated rings. The standard InChI is InChI=1S/C17H23NO5S/c19-15(12-17(16(20)21)8-4-9-17)18-10-5-11-24(22,23)13-14-6-2-1-3-7-14/h1-3,6-7H,4-5,8-13H2,(H,18,19)(H,20,21). The Kier molecular flexibility index (Phi) is 5.99. The number of hydrogen-bond donors (Lipinski definition) is 2. The molecule has 24 heavy (non-hydrogen) atoms. The highest BCUT2D eigenvalue weighted by atomic mass is 32.2. The van der Waals surface area contributed by atoms with Gasteiger partial charge in [0.05, 0.1) is 16.9 Å². The van der Waals surface area contributed by atoms with Gasteiger partial charge < -0.3 is 10.4 Å². The van der Waals surface area contributed by atoms with Crippen molar-refractivity contribution in [3.05, 3.63) is 35.9 Å². The highest BCUT2D eigenvalue weighted by Crippen LogP contribution is 2.44. The van der Waals surface area contributed by atoms with Crippen LogP contribution in [0.1, 0.15) is 37.7 Å². The molecule has 0 bridgehead atoms. The van der Waals surface area contributed by atoms with E-state index in [2.05, 4.69) is 5.32 Å². The first-order valence-corrected chi connectivity index (χ1v) is 9.90. The van der Waals surface area contributed by atoms with E-state index in [1.54, 1.807) is 24.3 Å². The molecule has 0 spiro atoms. The van der Waals surface area contributed by atoms with Crippen LogP contribution in [0.25, 0.3) is 0 Å². The lowest BCUT2D eigenvalue weighted by Gasteiger charge is -2.36. The van der Waals surface area contributed by atoms with E-state index in [0.29, 0.717) is 19.3 Å². The van der Waals surface area contributed by atoms with Gasteiger partial charge in [0, 0.05) is 13.0 Å². The smallest absolute Gasteiger partial charge is 0.310 e. The van der Waals surface area contributed by atoms with Crippen LogP contribution in [-0.4, -0.2) is 37.7 Å². The average Bonchev–Trinajstić information content (AvgIpc) is 2.47. The number of rotatable bonds is 9. The summed E-state index contributed by atoms with van der Waals surface area (Å²) >= 11 is 0. The summed E-state index contributed by atoms with van der Waals surface area (Å²) in [6.07, 6.45) is 2.18. The topological polar surface area (TPSA) is 101 Å². The SMILES string of the molecule is O=C(CC1(C(=O)O)CCC1)NCCCS(=O)(=O)Cc1ccccc1. The lowest BCUT2D eigenvalue weighted by atomic mass is 9.66. The van der Waals surface area contributed by atoms with Gasteiger partial charge in [-0.3, -0.25) is 9.59 Å². The van der Waals surface area contributed by atoms with E-state index < -0.39 is 21.2 Å². The fraction of sp³-hybridized carbons (Fsp3) is 0.529. The number of carboxylic acid groups (broad SMARTS) is 1. The van der Waals surface area contributed by atoms with E-state index in [9.17, 15) is 23.1 Å². The molecule has 0 heterocycles. The van der Waals surface area contributed by atoms with Crippen molar-refractivity contribution < 1.29 is 23.1 Å². The molecule has 7 heteroatoms. The summed E-state index contributed by atoms with van der Waals surface area (Å²) in [6.45, 7) is 0.239. The van der Waals surface area contributed by atoms with Gasteiger partial charge in [0.25, 0.3) is 0 Å². The van der Waals surface area contributed by atoms with Gasteiger partial charge in [-0.05, 0) is 24.8 Å². The number of aliphatic carboxylic acids is 1. The van der Waals surface area contributed by atoms with E-state index in [0.717, 1.165) is 12.0 Å². The number of benzene rings is 1. The van der Waals surface area contributed by atoms with Crippen LogP contribution in [-0.2, 0) is 25.2 Å². The molecule has 2 rings (SSSR count). The van der Waals surface area contributed by atoms with Gasteiger partial charge in [0.1, 0.15) is 0 Å². The molecule has 6 nitrogen and oxygen atoms in total. The summed E-state index contributed by atoms with van der Waals surface area (Å²) < 4.78 is 24.1. The lowest BCUT2D eigenvalue weighted by Crippen LogP contribution is -2.42. The first kappa shape index (κ1) is 18.4. The maximum atomic E-state index is 12.0. The molecule has 0 aliphatic heterocycles. The molecule has 1 aromatic carbocycles. The summed E-state index contributed by atoms with van der Waals surface area (Å²) in [4.78, 5) is 23.1. The van der Waals surface area contributed by atoms with E-state index in [1.807, 2.05) is 6.07 Å². The van der Waals surface area contributed by atoms with E-state index in [4.69, 9.17) is 0 Å². The van der Waals surface area contributed by atoms with Crippen molar-refractivity contribution in [2.45, 2.75) is 37.9 Å². The van der Waals surface area contributed by atoms with Gasteiger partial charge >= 0.3 is 5.97 Å². The van der Waals surface area contributed by atoms with Gasteiger partial charge in [0.2, 0.25) is 5.91 Å². The molecular formula is C17H23NO5S. The van der Waals surface area contributed by atoms with Gasteiger partial charge in [-0.15, -0.1) is 0 Å². The Morgan fingerprint density at radius 3 is 2.38 bits per heavy atom. The van der Waals surface area contributed by atoms with Crippen molar-refractivity contribution in [3.8, 4) is 0 Å². The van der Waals surface area contributed by atoms with Crippen molar-refractivity contribution in [1.82, 2.24) is 5.32 Å². The van der Waals surface area contributed by atoms with Crippen LogP contribution in [0.5, 0.6) is 0 Å². The van der Waals surface area contributed by atoms with Crippen LogP contribution in [0.15, 0.2) is 30.3 Å². The van der Waals surface area contributed by atoms with E-state index in [1.165, 1.54) is 0 Å². The zero-order valence-electron chi connectivity index (χ0n) is 13.5. The molecule has 1 amide bonds. The minimum atomic E-state index is -3.22. The van der Waals surface area contributed by atoms with E-state index >= 15 is 0 Å². The first-order valence-electron chi connectivity index (χ1n) is 8.07. The Hall–Kier alpha value is -1.89. The van der Waals surface area contributed by atoms with Crippen molar-refractivity contribution >= 4 is 21.7 Å². The first-order chi connectivity index (χ1) is 11.3. The highest BCUT2D eigenvalue weighted by molar-refractivity contribution is 7.90. The Bertz CT molecular complexity index is 680. The molecule has 0 saturated heterocycles. The third kappa shape index (κ3) is 5.06. The fourth-order valence-corrected chi connectivity index (χ4v) is 4.29. The van der Waals surface area contributed by atoms with Crippen LogP contribution in [0, 0.1) is 5.41 Å². The predicted octanol–water partition coefficient (Wildman–Crippen LogP) is 1.75. The van der Waals surface area contributed by atoms with Crippen molar-refractivity contribution in [1.29, 1.82) is 0 Å². The number of carbonyl (C=O) groups is 2.